The van der Waals surface area contributed by atoms with E-state index in [0.29, 0.717) is 0 Å². The molecule has 1 saturated carbocycles. The van der Waals surface area contributed by atoms with Gasteiger partial charge in [-0.2, -0.15) is 0 Å². The Hall–Kier alpha value is -2.50. The fourth-order valence-corrected chi connectivity index (χ4v) is 4.06. The maximum atomic E-state index is 13.1. The van der Waals surface area contributed by atoms with Gasteiger partial charge < -0.3 is 10.4 Å². The Kier molecular flexibility index (Phi) is 4.81. The quantitative estimate of drug-likeness (QED) is 0.663. The number of carbonyl (C=O) groups is 1. The van der Waals surface area contributed by atoms with E-state index in [1.807, 2.05) is 35.7 Å². The predicted molar refractivity (Wildman–Crippen MR) is 105 cm³/mol. The number of halogens is 1. The Labute approximate surface area is 161 Å². The Bertz CT molecular complexity index is 916. The first-order valence-electron chi connectivity index (χ1n) is 8.95. The van der Waals surface area contributed by atoms with Crippen LogP contribution in [0.3, 0.4) is 0 Å². The lowest BCUT2D eigenvalue weighted by molar-refractivity contribution is -0.124. The molecule has 1 atom stereocenters. The zero-order chi connectivity index (χ0) is 18.9. The summed E-state index contributed by atoms with van der Waals surface area (Å²) in [6, 6.07) is 17.9. The standard InChI is InChI=1S/C22H20FNO2S/c23-18-9-7-17(8-10-18)22(11-12-22)21(26)24-14-19(25)15-3-5-16(6-4-15)20-2-1-13-27-20/h1-10,13,19,25H,11-12,14H2,(H,24,26). The predicted octanol–water partition coefficient (Wildman–Crippen LogP) is 4.44. The molecule has 0 aliphatic heterocycles. The number of benzene rings is 2. The zero-order valence-electron chi connectivity index (χ0n) is 14.7. The van der Waals surface area contributed by atoms with Crippen molar-refractivity contribution >= 4 is 17.2 Å². The van der Waals surface area contributed by atoms with Gasteiger partial charge in [0, 0.05) is 11.4 Å². The van der Waals surface area contributed by atoms with Crippen LogP contribution in [0.2, 0.25) is 0 Å². The van der Waals surface area contributed by atoms with Crippen LogP contribution in [0.4, 0.5) is 4.39 Å². The van der Waals surface area contributed by atoms with Crippen molar-refractivity contribution in [3.05, 3.63) is 83.0 Å². The molecule has 0 saturated heterocycles. The van der Waals surface area contributed by atoms with Crippen molar-refractivity contribution in [2.45, 2.75) is 24.4 Å². The maximum absolute atomic E-state index is 13.1. The summed E-state index contributed by atoms with van der Waals surface area (Å²) >= 11 is 1.67. The van der Waals surface area contributed by atoms with E-state index in [-0.39, 0.29) is 18.3 Å². The highest BCUT2D eigenvalue weighted by atomic mass is 32.1. The Morgan fingerprint density at radius 1 is 1.11 bits per heavy atom. The molecule has 3 aromatic rings. The molecule has 1 fully saturated rings. The first-order chi connectivity index (χ1) is 13.1. The molecule has 1 heterocycles. The summed E-state index contributed by atoms with van der Waals surface area (Å²) < 4.78 is 13.1. The van der Waals surface area contributed by atoms with Gasteiger partial charge in [-0.15, -0.1) is 11.3 Å². The van der Waals surface area contributed by atoms with Crippen molar-refractivity contribution in [2.75, 3.05) is 6.54 Å². The van der Waals surface area contributed by atoms with Crippen molar-refractivity contribution in [3.8, 4) is 10.4 Å². The van der Waals surface area contributed by atoms with E-state index in [2.05, 4.69) is 11.4 Å². The van der Waals surface area contributed by atoms with Crippen molar-refractivity contribution in [3.63, 3.8) is 0 Å². The van der Waals surface area contributed by atoms with Crippen LogP contribution in [-0.2, 0) is 10.2 Å². The molecule has 1 unspecified atom stereocenters. The topological polar surface area (TPSA) is 49.3 Å². The molecule has 1 amide bonds. The van der Waals surface area contributed by atoms with E-state index < -0.39 is 11.5 Å². The molecular weight excluding hydrogens is 361 g/mol. The smallest absolute Gasteiger partial charge is 0.230 e. The van der Waals surface area contributed by atoms with Gasteiger partial charge in [0.25, 0.3) is 0 Å². The molecule has 4 rings (SSSR count). The number of thiophene rings is 1. The Morgan fingerprint density at radius 2 is 1.81 bits per heavy atom. The van der Waals surface area contributed by atoms with Crippen LogP contribution in [0.5, 0.6) is 0 Å². The molecule has 2 aromatic carbocycles. The molecule has 1 aliphatic rings. The molecule has 138 valence electrons. The highest BCUT2D eigenvalue weighted by Gasteiger charge is 2.51. The molecule has 0 radical (unpaired) electrons. The van der Waals surface area contributed by atoms with E-state index in [1.54, 1.807) is 23.5 Å². The highest BCUT2D eigenvalue weighted by Crippen LogP contribution is 2.48. The second kappa shape index (κ2) is 7.25. The van der Waals surface area contributed by atoms with Gasteiger partial charge in [0.05, 0.1) is 11.5 Å². The molecule has 1 aromatic heterocycles. The molecule has 27 heavy (non-hydrogen) atoms. The number of hydrogen-bond donors (Lipinski definition) is 2. The Morgan fingerprint density at radius 3 is 2.41 bits per heavy atom. The molecule has 0 bridgehead atoms. The summed E-state index contributed by atoms with van der Waals surface area (Å²) in [5.74, 6) is -0.417. The Balaban J connectivity index is 1.38. The van der Waals surface area contributed by atoms with Crippen LogP contribution in [-0.4, -0.2) is 17.6 Å². The summed E-state index contributed by atoms with van der Waals surface area (Å²) in [5.41, 5.74) is 2.13. The van der Waals surface area contributed by atoms with Gasteiger partial charge in [-0.3, -0.25) is 4.79 Å². The molecule has 5 heteroatoms. The molecule has 1 aliphatic carbocycles. The summed E-state index contributed by atoms with van der Waals surface area (Å²) in [6.45, 7) is 0.153. The lowest BCUT2D eigenvalue weighted by Gasteiger charge is -2.18. The molecular formula is C22H20FNO2S. The SMILES string of the molecule is O=C(NCC(O)c1ccc(-c2cccs2)cc1)C1(c2ccc(F)cc2)CC1. The normalized spacial score (nSPS) is 15.9. The number of aliphatic hydroxyl groups excluding tert-OH is 1. The lowest BCUT2D eigenvalue weighted by Crippen LogP contribution is -2.37. The van der Waals surface area contributed by atoms with Gasteiger partial charge in [0.1, 0.15) is 5.82 Å². The fraction of sp³-hybridized carbons (Fsp3) is 0.227. The second-order valence-corrected chi connectivity index (χ2v) is 7.86. The summed E-state index contributed by atoms with van der Waals surface area (Å²) in [5, 5.41) is 15.3. The number of carbonyl (C=O) groups excluding carboxylic acids is 1. The van der Waals surface area contributed by atoms with Gasteiger partial charge in [-0.05, 0) is 53.1 Å². The average Bonchev–Trinajstić information content (AvgIpc) is 3.32. The van der Waals surface area contributed by atoms with Crippen molar-refractivity contribution in [2.24, 2.45) is 0 Å². The van der Waals surface area contributed by atoms with Crippen molar-refractivity contribution in [1.82, 2.24) is 5.32 Å². The van der Waals surface area contributed by atoms with E-state index in [1.165, 1.54) is 17.0 Å². The van der Waals surface area contributed by atoms with Gasteiger partial charge in [-0.25, -0.2) is 4.39 Å². The lowest BCUT2D eigenvalue weighted by atomic mass is 9.95. The molecule has 3 nitrogen and oxygen atoms in total. The third-order valence-electron chi connectivity index (χ3n) is 5.14. The third kappa shape index (κ3) is 3.66. The maximum Gasteiger partial charge on any atom is 0.230 e. The highest BCUT2D eigenvalue weighted by molar-refractivity contribution is 7.13. The van der Waals surface area contributed by atoms with E-state index in [0.717, 1.165) is 29.5 Å². The number of amides is 1. The largest absolute Gasteiger partial charge is 0.387 e. The monoisotopic (exact) mass is 381 g/mol. The summed E-state index contributed by atoms with van der Waals surface area (Å²) in [6.07, 6.45) is 0.724. The summed E-state index contributed by atoms with van der Waals surface area (Å²) in [7, 11) is 0. The van der Waals surface area contributed by atoms with Gasteiger partial charge in [-0.1, -0.05) is 42.5 Å². The van der Waals surface area contributed by atoms with E-state index >= 15 is 0 Å². The number of nitrogens with one attached hydrogen (secondary N) is 1. The minimum atomic E-state index is -0.768. The van der Waals surface area contributed by atoms with Crippen LogP contribution < -0.4 is 5.32 Å². The van der Waals surface area contributed by atoms with Crippen LogP contribution in [0.25, 0.3) is 10.4 Å². The molecule has 2 N–H and O–H groups in total. The number of hydrogen-bond acceptors (Lipinski definition) is 3. The van der Waals surface area contributed by atoms with E-state index in [4.69, 9.17) is 0 Å². The first-order valence-corrected chi connectivity index (χ1v) is 9.83. The van der Waals surface area contributed by atoms with Crippen LogP contribution in [0.15, 0.2) is 66.0 Å². The summed E-state index contributed by atoms with van der Waals surface area (Å²) in [4.78, 5) is 13.8. The second-order valence-electron chi connectivity index (χ2n) is 6.91. The number of rotatable bonds is 6. The average molecular weight is 381 g/mol. The zero-order valence-corrected chi connectivity index (χ0v) is 15.5. The first kappa shape index (κ1) is 17.9. The van der Waals surface area contributed by atoms with Crippen molar-refractivity contribution < 1.29 is 14.3 Å². The fourth-order valence-electron chi connectivity index (χ4n) is 3.33. The molecule has 0 spiro atoms. The van der Waals surface area contributed by atoms with Crippen LogP contribution in [0, 0.1) is 5.82 Å². The minimum absolute atomic E-state index is 0.108. The minimum Gasteiger partial charge on any atom is -0.387 e. The van der Waals surface area contributed by atoms with Crippen LogP contribution in [0.1, 0.15) is 30.1 Å². The van der Waals surface area contributed by atoms with Gasteiger partial charge in [0.2, 0.25) is 5.91 Å². The third-order valence-corrected chi connectivity index (χ3v) is 6.06. The van der Waals surface area contributed by atoms with Gasteiger partial charge in [0.15, 0.2) is 0 Å². The van der Waals surface area contributed by atoms with Gasteiger partial charge >= 0.3 is 0 Å². The van der Waals surface area contributed by atoms with Crippen molar-refractivity contribution in [1.29, 1.82) is 0 Å². The van der Waals surface area contributed by atoms with Crippen LogP contribution >= 0.6 is 11.3 Å². The number of aliphatic hydroxyl groups is 1. The van der Waals surface area contributed by atoms with E-state index in [9.17, 15) is 14.3 Å².